The Bertz CT molecular complexity index is 717. The van der Waals surface area contributed by atoms with Crippen molar-refractivity contribution in [1.82, 2.24) is 14.4 Å². The number of para-hydroxylation sites is 1. The zero-order chi connectivity index (χ0) is 17.8. The summed E-state index contributed by atoms with van der Waals surface area (Å²) in [7, 11) is 2.12. The number of fused-ring (bicyclic) bond motifs is 1. The third kappa shape index (κ3) is 3.72. The van der Waals surface area contributed by atoms with Crippen LogP contribution in [0.15, 0.2) is 30.3 Å². The van der Waals surface area contributed by atoms with Crippen LogP contribution in [0.5, 0.6) is 0 Å². The molecule has 1 aliphatic heterocycles. The van der Waals surface area contributed by atoms with Crippen LogP contribution in [0.3, 0.4) is 0 Å². The Kier molecular flexibility index (Phi) is 5.76. The van der Waals surface area contributed by atoms with E-state index < -0.39 is 0 Å². The molecule has 1 aromatic heterocycles. The Hall–Kier alpha value is -1.85. The van der Waals surface area contributed by atoms with Crippen molar-refractivity contribution < 1.29 is 9.90 Å². The molecule has 0 radical (unpaired) electrons. The summed E-state index contributed by atoms with van der Waals surface area (Å²) in [6.07, 6.45) is 2.81. The van der Waals surface area contributed by atoms with Crippen LogP contribution in [0, 0.1) is 0 Å². The first kappa shape index (κ1) is 18.0. The highest BCUT2D eigenvalue weighted by atomic mass is 16.3. The molecule has 5 heteroatoms. The van der Waals surface area contributed by atoms with Gasteiger partial charge in [0.1, 0.15) is 5.69 Å². The number of rotatable bonds is 6. The molecular formula is C20H29N3O2. The van der Waals surface area contributed by atoms with Crippen LogP contribution in [0.2, 0.25) is 0 Å². The molecular weight excluding hydrogens is 314 g/mol. The van der Waals surface area contributed by atoms with Gasteiger partial charge in [0.15, 0.2) is 0 Å². The number of aliphatic hydroxyl groups excluding tert-OH is 1. The van der Waals surface area contributed by atoms with Crippen LogP contribution >= 0.6 is 0 Å². The highest BCUT2D eigenvalue weighted by Gasteiger charge is 2.27. The summed E-state index contributed by atoms with van der Waals surface area (Å²) in [6, 6.07) is 10.7. The van der Waals surface area contributed by atoms with Gasteiger partial charge in [-0.3, -0.25) is 4.79 Å². The van der Waals surface area contributed by atoms with E-state index in [1.54, 1.807) is 0 Å². The summed E-state index contributed by atoms with van der Waals surface area (Å²) in [5.74, 6) is 0.148. The molecule has 25 heavy (non-hydrogen) atoms. The van der Waals surface area contributed by atoms with Gasteiger partial charge in [-0.2, -0.15) is 0 Å². The number of hydrogen-bond acceptors (Lipinski definition) is 3. The van der Waals surface area contributed by atoms with Gasteiger partial charge in [-0.25, -0.2) is 0 Å². The van der Waals surface area contributed by atoms with Gasteiger partial charge in [-0.05, 0) is 45.4 Å². The maximum atomic E-state index is 13.1. The van der Waals surface area contributed by atoms with Crippen molar-refractivity contribution in [3.05, 3.63) is 36.0 Å². The molecule has 0 atom stereocenters. The van der Waals surface area contributed by atoms with Crippen molar-refractivity contribution in [3.8, 4) is 0 Å². The second-order valence-electron chi connectivity index (χ2n) is 6.91. The predicted molar refractivity (Wildman–Crippen MR) is 101 cm³/mol. The third-order valence-corrected chi connectivity index (χ3v) is 5.39. The maximum Gasteiger partial charge on any atom is 0.270 e. The summed E-state index contributed by atoms with van der Waals surface area (Å²) in [4.78, 5) is 17.4. The normalized spacial score (nSPS) is 16.1. The van der Waals surface area contributed by atoms with Crippen LogP contribution in [0.1, 0.15) is 36.7 Å². The molecule has 2 heterocycles. The van der Waals surface area contributed by atoms with Gasteiger partial charge >= 0.3 is 0 Å². The predicted octanol–water partition coefficient (Wildman–Crippen LogP) is 2.58. The number of nitrogens with zero attached hydrogens (tertiary/aromatic N) is 3. The van der Waals surface area contributed by atoms with Gasteiger partial charge in [-0.15, -0.1) is 0 Å². The van der Waals surface area contributed by atoms with Crippen molar-refractivity contribution >= 4 is 16.8 Å². The van der Waals surface area contributed by atoms with E-state index in [1.807, 2.05) is 23.1 Å². The van der Waals surface area contributed by atoms with E-state index in [-0.39, 0.29) is 12.5 Å². The summed E-state index contributed by atoms with van der Waals surface area (Å²) in [5.41, 5.74) is 1.93. The average Bonchev–Trinajstić information content (AvgIpc) is 3.04. The lowest BCUT2D eigenvalue weighted by atomic mass is 10.0. The zero-order valence-corrected chi connectivity index (χ0v) is 15.3. The largest absolute Gasteiger partial charge is 0.396 e. The minimum absolute atomic E-state index is 0.148. The molecule has 0 bridgehead atoms. The molecule has 1 amide bonds. The fourth-order valence-corrected chi connectivity index (χ4v) is 3.90. The van der Waals surface area contributed by atoms with Gasteiger partial charge in [0.25, 0.3) is 5.91 Å². The SMILES string of the molecule is CCn1c(C(=O)N2CCC(N(C)CCCO)CC2)cc2ccccc21. The summed E-state index contributed by atoms with van der Waals surface area (Å²) < 4.78 is 2.12. The number of aliphatic hydroxyl groups is 1. The minimum Gasteiger partial charge on any atom is -0.396 e. The molecule has 0 spiro atoms. The van der Waals surface area contributed by atoms with Crippen LogP contribution in [-0.4, -0.2) is 64.7 Å². The summed E-state index contributed by atoms with van der Waals surface area (Å²) >= 11 is 0. The Morgan fingerprint density at radius 3 is 2.68 bits per heavy atom. The Labute approximate surface area is 149 Å². The molecule has 1 N–H and O–H groups in total. The Morgan fingerprint density at radius 1 is 1.28 bits per heavy atom. The van der Waals surface area contributed by atoms with E-state index in [4.69, 9.17) is 5.11 Å². The molecule has 136 valence electrons. The van der Waals surface area contributed by atoms with Crippen molar-refractivity contribution in [2.75, 3.05) is 33.3 Å². The smallest absolute Gasteiger partial charge is 0.270 e. The standard InChI is InChI=1S/C20H29N3O2/c1-3-23-18-8-5-4-7-16(18)15-19(23)20(25)22-12-9-17(10-13-22)21(2)11-6-14-24/h4-5,7-8,15,17,24H,3,6,9-14H2,1-2H3. The van der Waals surface area contributed by atoms with Crippen LogP contribution in [-0.2, 0) is 6.54 Å². The zero-order valence-electron chi connectivity index (χ0n) is 15.3. The highest BCUT2D eigenvalue weighted by Crippen LogP contribution is 2.23. The molecule has 2 aromatic rings. The first-order valence-electron chi connectivity index (χ1n) is 9.34. The second-order valence-corrected chi connectivity index (χ2v) is 6.91. The number of carbonyl (C=O) groups is 1. The van der Waals surface area contributed by atoms with Crippen LogP contribution in [0.25, 0.3) is 10.9 Å². The summed E-state index contributed by atoms with van der Waals surface area (Å²) in [6.45, 7) is 5.65. The molecule has 1 aromatic carbocycles. The number of aryl methyl sites for hydroxylation is 1. The van der Waals surface area contributed by atoms with Crippen molar-refractivity contribution in [2.24, 2.45) is 0 Å². The summed E-state index contributed by atoms with van der Waals surface area (Å²) in [5, 5.41) is 10.1. The number of likely N-dealkylation sites (tertiary alicyclic amines) is 1. The van der Waals surface area contributed by atoms with Crippen LogP contribution < -0.4 is 0 Å². The van der Waals surface area contributed by atoms with E-state index in [0.29, 0.717) is 6.04 Å². The lowest BCUT2D eigenvalue weighted by Gasteiger charge is -2.36. The number of hydrogen-bond donors (Lipinski definition) is 1. The molecule has 0 saturated carbocycles. The molecule has 5 nitrogen and oxygen atoms in total. The minimum atomic E-state index is 0.148. The first-order chi connectivity index (χ1) is 12.2. The third-order valence-electron chi connectivity index (χ3n) is 5.39. The fraction of sp³-hybridized carbons (Fsp3) is 0.550. The lowest BCUT2D eigenvalue weighted by Crippen LogP contribution is -2.46. The number of amides is 1. The quantitative estimate of drug-likeness (QED) is 0.877. The Balaban J connectivity index is 1.69. The van der Waals surface area contributed by atoms with Gasteiger partial charge in [0.05, 0.1) is 0 Å². The lowest BCUT2D eigenvalue weighted by molar-refractivity contribution is 0.0631. The number of aromatic nitrogens is 1. The van der Waals surface area contributed by atoms with Crippen LogP contribution in [0.4, 0.5) is 0 Å². The van der Waals surface area contributed by atoms with Gasteiger partial charge in [-0.1, -0.05) is 18.2 Å². The van der Waals surface area contributed by atoms with Crippen molar-refractivity contribution in [1.29, 1.82) is 0 Å². The van der Waals surface area contributed by atoms with E-state index in [9.17, 15) is 4.79 Å². The molecule has 1 fully saturated rings. The molecule has 1 aliphatic rings. The van der Waals surface area contributed by atoms with E-state index in [0.717, 1.165) is 62.0 Å². The number of carbonyl (C=O) groups excluding carboxylic acids is 1. The van der Waals surface area contributed by atoms with Gasteiger partial charge < -0.3 is 19.5 Å². The Morgan fingerprint density at radius 2 is 2.00 bits per heavy atom. The second kappa shape index (κ2) is 8.02. The topological polar surface area (TPSA) is 48.7 Å². The van der Waals surface area contributed by atoms with E-state index in [2.05, 4.69) is 35.6 Å². The first-order valence-corrected chi connectivity index (χ1v) is 9.34. The molecule has 0 unspecified atom stereocenters. The highest BCUT2D eigenvalue weighted by molar-refractivity contribution is 5.98. The van der Waals surface area contributed by atoms with Gasteiger partial charge in [0, 0.05) is 49.7 Å². The average molecular weight is 343 g/mol. The number of benzene rings is 1. The van der Waals surface area contributed by atoms with Gasteiger partial charge in [0.2, 0.25) is 0 Å². The van der Waals surface area contributed by atoms with E-state index in [1.165, 1.54) is 0 Å². The fourth-order valence-electron chi connectivity index (χ4n) is 3.90. The van der Waals surface area contributed by atoms with Crippen molar-refractivity contribution in [2.45, 2.75) is 38.8 Å². The number of piperidine rings is 1. The maximum absolute atomic E-state index is 13.1. The molecule has 0 aliphatic carbocycles. The molecule has 3 rings (SSSR count). The monoisotopic (exact) mass is 343 g/mol. The van der Waals surface area contributed by atoms with E-state index >= 15 is 0 Å². The van der Waals surface area contributed by atoms with Crippen molar-refractivity contribution in [3.63, 3.8) is 0 Å². The molecule has 1 saturated heterocycles.